The molecule has 0 aliphatic rings. The SMILES string of the molecule is CC/C=C/C=C/CCCCCCCC/C=C/CCC. The first-order valence-electron chi connectivity index (χ1n) is 8.38. The minimum atomic E-state index is 1.14. The zero-order valence-corrected chi connectivity index (χ0v) is 13.2. The number of hydrogen-bond donors (Lipinski definition) is 0. The number of hydrogen-bond acceptors (Lipinski definition) is 0. The van der Waals surface area contributed by atoms with Crippen LogP contribution < -0.4 is 0 Å². The van der Waals surface area contributed by atoms with Crippen molar-refractivity contribution >= 4 is 0 Å². The van der Waals surface area contributed by atoms with E-state index in [1.165, 1.54) is 64.2 Å². The van der Waals surface area contributed by atoms with E-state index in [2.05, 4.69) is 50.3 Å². The van der Waals surface area contributed by atoms with Crippen LogP contribution in [0.25, 0.3) is 0 Å². The van der Waals surface area contributed by atoms with E-state index in [1.807, 2.05) is 0 Å². The van der Waals surface area contributed by atoms with Crippen LogP contribution in [0.2, 0.25) is 0 Å². The molecule has 0 unspecified atom stereocenters. The summed E-state index contributed by atoms with van der Waals surface area (Å²) in [4.78, 5) is 0. The Kier molecular flexibility index (Phi) is 16.5. The molecule has 0 nitrogen and oxygen atoms in total. The van der Waals surface area contributed by atoms with Crippen LogP contribution in [0.5, 0.6) is 0 Å². The Bertz CT molecular complexity index is 232. The third kappa shape index (κ3) is 17.2. The molecule has 0 aromatic carbocycles. The van der Waals surface area contributed by atoms with E-state index in [-0.39, 0.29) is 0 Å². The molecule has 0 saturated carbocycles. The lowest BCUT2D eigenvalue weighted by Crippen LogP contribution is -1.79. The predicted molar refractivity (Wildman–Crippen MR) is 89.6 cm³/mol. The maximum absolute atomic E-state index is 2.36. The Morgan fingerprint density at radius 3 is 1.68 bits per heavy atom. The van der Waals surface area contributed by atoms with Gasteiger partial charge in [-0.3, -0.25) is 0 Å². The van der Waals surface area contributed by atoms with Crippen LogP contribution >= 0.6 is 0 Å². The molecule has 0 heteroatoms. The number of rotatable bonds is 13. The van der Waals surface area contributed by atoms with E-state index >= 15 is 0 Å². The molecule has 0 fully saturated rings. The van der Waals surface area contributed by atoms with Crippen molar-refractivity contribution in [1.29, 1.82) is 0 Å². The van der Waals surface area contributed by atoms with Crippen LogP contribution in [-0.2, 0) is 0 Å². The van der Waals surface area contributed by atoms with E-state index in [4.69, 9.17) is 0 Å². The van der Waals surface area contributed by atoms with Gasteiger partial charge in [-0.2, -0.15) is 0 Å². The largest absolute Gasteiger partial charge is 0.0885 e. The fourth-order valence-corrected chi connectivity index (χ4v) is 2.02. The molecule has 0 spiro atoms. The summed E-state index contributed by atoms with van der Waals surface area (Å²) in [6, 6.07) is 0. The van der Waals surface area contributed by atoms with E-state index < -0.39 is 0 Å². The Hall–Kier alpha value is -0.780. The summed E-state index contributed by atoms with van der Waals surface area (Å²) in [5.41, 5.74) is 0. The second kappa shape index (κ2) is 17.2. The Morgan fingerprint density at radius 1 is 0.526 bits per heavy atom. The molecule has 0 saturated heterocycles. The molecule has 0 radical (unpaired) electrons. The highest BCUT2D eigenvalue weighted by molar-refractivity contribution is 5.01. The van der Waals surface area contributed by atoms with Crippen molar-refractivity contribution < 1.29 is 0 Å². The lowest BCUT2D eigenvalue weighted by atomic mass is 10.1. The maximum atomic E-state index is 2.36. The molecule has 110 valence electrons. The Labute approximate surface area is 121 Å². The standard InChI is InChI=1S/C19H34/c1-3-5-7-9-11-13-15-17-19-18-16-14-12-10-8-6-4-2/h5,7-11H,3-4,6,12-19H2,1-2H3/b7-5+,10-8+,11-9+. The van der Waals surface area contributed by atoms with Crippen molar-refractivity contribution in [3.05, 3.63) is 36.5 Å². The van der Waals surface area contributed by atoms with Gasteiger partial charge in [-0.05, 0) is 38.5 Å². The van der Waals surface area contributed by atoms with Gasteiger partial charge in [0.1, 0.15) is 0 Å². The highest BCUT2D eigenvalue weighted by Crippen LogP contribution is 2.09. The molecule has 0 heterocycles. The van der Waals surface area contributed by atoms with Gasteiger partial charge < -0.3 is 0 Å². The third-order valence-corrected chi connectivity index (χ3v) is 3.23. The molecule has 0 aliphatic carbocycles. The predicted octanol–water partition coefficient (Wildman–Crippen LogP) is 6.99. The highest BCUT2D eigenvalue weighted by Gasteiger charge is 1.89. The van der Waals surface area contributed by atoms with Crippen molar-refractivity contribution in [3.8, 4) is 0 Å². The zero-order valence-electron chi connectivity index (χ0n) is 13.2. The minimum Gasteiger partial charge on any atom is -0.0885 e. The van der Waals surface area contributed by atoms with Crippen LogP contribution in [0.1, 0.15) is 84.5 Å². The van der Waals surface area contributed by atoms with Gasteiger partial charge in [0.25, 0.3) is 0 Å². The zero-order chi connectivity index (χ0) is 14.0. The monoisotopic (exact) mass is 262 g/mol. The molecule has 0 N–H and O–H groups in total. The number of unbranched alkanes of at least 4 members (excludes halogenated alkanes) is 8. The first-order chi connectivity index (χ1) is 9.41. The molecule has 0 bridgehead atoms. The van der Waals surface area contributed by atoms with Gasteiger partial charge >= 0.3 is 0 Å². The molecule has 19 heavy (non-hydrogen) atoms. The fraction of sp³-hybridized carbons (Fsp3) is 0.684. The Morgan fingerprint density at radius 2 is 1.05 bits per heavy atom. The molecule has 0 atom stereocenters. The maximum Gasteiger partial charge on any atom is -0.0348 e. The minimum absolute atomic E-state index is 1.14. The van der Waals surface area contributed by atoms with Gasteiger partial charge in [0.15, 0.2) is 0 Å². The summed E-state index contributed by atoms with van der Waals surface area (Å²) in [5, 5.41) is 0. The summed E-state index contributed by atoms with van der Waals surface area (Å²) >= 11 is 0. The second-order valence-corrected chi connectivity index (χ2v) is 5.22. The topological polar surface area (TPSA) is 0 Å². The summed E-state index contributed by atoms with van der Waals surface area (Å²) < 4.78 is 0. The fourth-order valence-electron chi connectivity index (χ4n) is 2.02. The lowest BCUT2D eigenvalue weighted by molar-refractivity contribution is 0.600. The van der Waals surface area contributed by atoms with Crippen molar-refractivity contribution in [3.63, 3.8) is 0 Å². The lowest BCUT2D eigenvalue weighted by Gasteiger charge is -1.99. The first kappa shape index (κ1) is 18.2. The summed E-state index contributed by atoms with van der Waals surface area (Å²) in [6.07, 6.45) is 28.1. The summed E-state index contributed by atoms with van der Waals surface area (Å²) in [7, 11) is 0. The van der Waals surface area contributed by atoms with Crippen LogP contribution in [-0.4, -0.2) is 0 Å². The van der Waals surface area contributed by atoms with Crippen molar-refractivity contribution in [2.24, 2.45) is 0 Å². The van der Waals surface area contributed by atoms with Gasteiger partial charge in [0.05, 0.1) is 0 Å². The average molecular weight is 262 g/mol. The highest BCUT2D eigenvalue weighted by atomic mass is 14.0. The smallest absolute Gasteiger partial charge is 0.0348 e. The molecular formula is C19H34. The van der Waals surface area contributed by atoms with Crippen LogP contribution in [0.15, 0.2) is 36.5 Å². The van der Waals surface area contributed by atoms with E-state index in [1.54, 1.807) is 0 Å². The van der Waals surface area contributed by atoms with Gasteiger partial charge in [-0.15, -0.1) is 0 Å². The normalized spacial score (nSPS) is 12.3. The molecular weight excluding hydrogens is 228 g/mol. The van der Waals surface area contributed by atoms with Crippen LogP contribution in [0.3, 0.4) is 0 Å². The van der Waals surface area contributed by atoms with Gasteiger partial charge in [0, 0.05) is 0 Å². The van der Waals surface area contributed by atoms with Crippen LogP contribution in [0, 0.1) is 0 Å². The summed E-state index contributed by atoms with van der Waals surface area (Å²) in [5.74, 6) is 0. The summed E-state index contributed by atoms with van der Waals surface area (Å²) in [6.45, 7) is 4.41. The van der Waals surface area contributed by atoms with Crippen LogP contribution in [0.4, 0.5) is 0 Å². The molecule has 0 amide bonds. The molecule has 0 aliphatic heterocycles. The van der Waals surface area contributed by atoms with E-state index in [0.717, 1.165) is 6.42 Å². The van der Waals surface area contributed by atoms with Gasteiger partial charge in [-0.1, -0.05) is 82.4 Å². The number of allylic oxidation sites excluding steroid dienone is 6. The van der Waals surface area contributed by atoms with Crippen molar-refractivity contribution in [1.82, 2.24) is 0 Å². The van der Waals surface area contributed by atoms with Gasteiger partial charge in [0.2, 0.25) is 0 Å². The second-order valence-electron chi connectivity index (χ2n) is 5.22. The third-order valence-electron chi connectivity index (χ3n) is 3.23. The molecule has 0 rings (SSSR count). The molecule has 0 aromatic rings. The van der Waals surface area contributed by atoms with Gasteiger partial charge in [-0.25, -0.2) is 0 Å². The average Bonchev–Trinajstić information content (AvgIpc) is 2.43. The molecule has 0 aromatic heterocycles. The Balaban J connectivity index is 3.10. The van der Waals surface area contributed by atoms with E-state index in [0.29, 0.717) is 0 Å². The van der Waals surface area contributed by atoms with Crippen molar-refractivity contribution in [2.45, 2.75) is 84.5 Å². The first-order valence-corrected chi connectivity index (χ1v) is 8.38. The van der Waals surface area contributed by atoms with Crippen molar-refractivity contribution in [2.75, 3.05) is 0 Å². The van der Waals surface area contributed by atoms with E-state index in [9.17, 15) is 0 Å². The quantitative estimate of drug-likeness (QED) is 0.191.